The topological polar surface area (TPSA) is 30.5 Å². The summed E-state index contributed by atoms with van der Waals surface area (Å²) in [5, 5.41) is 3.04. The number of hydrogen-bond acceptors (Lipinski definition) is 3. The predicted molar refractivity (Wildman–Crippen MR) is 34.0 cm³/mol. The summed E-state index contributed by atoms with van der Waals surface area (Å²) < 4.78 is 10.4. The van der Waals surface area contributed by atoms with Gasteiger partial charge in [0.1, 0.15) is 0 Å². The highest BCUT2D eigenvalue weighted by Crippen LogP contribution is 2.00. The molecule has 1 N–H and O–H groups in total. The van der Waals surface area contributed by atoms with Gasteiger partial charge in [-0.3, -0.25) is 5.32 Å². The van der Waals surface area contributed by atoms with Gasteiger partial charge in [-0.2, -0.15) is 0 Å². The molecule has 3 heteroatoms. The standard InChI is InChI=1S/C6H13NO2/c1-2-7-6-8-4-3-5-9-6/h6-7H,2-5H2,1H3. The summed E-state index contributed by atoms with van der Waals surface area (Å²) in [7, 11) is 0. The second-order valence-electron chi connectivity index (χ2n) is 1.98. The van der Waals surface area contributed by atoms with Gasteiger partial charge in [-0.25, -0.2) is 0 Å². The van der Waals surface area contributed by atoms with Crippen LogP contribution in [0.1, 0.15) is 13.3 Å². The van der Waals surface area contributed by atoms with E-state index in [9.17, 15) is 0 Å². The van der Waals surface area contributed by atoms with Crippen LogP contribution in [0.15, 0.2) is 0 Å². The van der Waals surface area contributed by atoms with E-state index < -0.39 is 0 Å². The molecule has 0 bridgehead atoms. The first-order valence-corrected chi connectivity index (χ1v) is 3.40. The van der Waals surface area contributed by atoms with E-state index in [-0.39, 0.29) is 6.41 Å². The van der Waals surface area contributed by atoms with Crippen LogP contribution in [0.5, 0.6) is 0 Å². The average molecular weight is 131 g/mol. The molecule has 3 nitrogen and oxygen atoms in total. The fraction of sp³-hybridized carbons (Fsp3) is 1.00. The molecule has 0 aliphatic carbocycles. The quantitative estimate of drug-likeness (QED) is 0.585. The molecule has 0 aromatic rings. The molecule has 9 heavy (non-hydrogen) atoms. The molecular weight excluding hydrogens is 118 g/mol. The molecule has 0 aromatic heterocycles. The monoisotopic (exact) mass is 131 g/mol. The molecule has 0 saturated carbocycles. The Bertz CT molecular complexity index is 68.7. The van der Waals surface area contributed by atoms with Crippen LogP contribution < -0.4 is 5.32 Å². The molecule has 1 saturated heterocycles. The van der Waals surface area contributed by atoms with Gasteiger partial charge in [-0.15, -0.1) is 0 Å². The lowest BCUT2D eigenvalue weighted by Crippen LogP contribution is -2.37. The van der Waals surface area contributed by atoms with Gasteiger partial charge in [0.05, 0.1) is 13.2 Å². The zero-order valence-electron chi connectivity index (χ0n) is 5.72. The van der Waals surface area contributed by atoms with Crippen molar-refractivity contribution in [3.05, 3.63) is 0 Å². The second kappa shape index (κ2) is 3.82. The van der Waals surface area contributed by atoms with E-state index in [0.29, 0.717) is 0 Å². The van der Waals surface area contributed by atoms with E-state index in [1.54, 1.807) is 0 Å². The minimum absolute atomic E-state index is 0.149. The summed E-state index contributed by atoms with van der Waals surface area (Å²) >= 11 is 0. The molecule has 54 valence electrons. The molecule has 0 unspecified atom stereocenters. The maximum atomic E-state index is 5.18. The SMILES string of the molecule is CCNC1OCCCO1. The molecule has 0 atom stereocenters. The summed E-state index contributed by atoms with van der Waals surface area (Å²) in [6.07, 6.45) is 0.866. The summed E-state index contributed by atoms with van der Waals surface area (Å²) in [6.45, 7) is 4.56. The van der Waals surface area contributed by atoms with Crippen molar-refractivity contribution in [1.29, 1.82) is 0 Å². The molecule has 0 amide bonds. The van der Waals surface area contributed by atoms with E-state index in [0.717, 1.165) is 26.2 Å². The molecule has 0 aromatic carbocycles. The average Bonchev–Trinajstić information content (AvgIpc) is 1.91. The van der Waals surface area contributed by atoms with E-state index in [2.05, 4.69) is 5.32 Å². The van der Waals surface area contributed by atoms with Crippen molar-refractivity contribution in [2.45, 2.75) is 19.8 Å². The predicted octanol–water partition coefficient (Wildman–Crippen LogP) is 0.316. The molecule has 1 aliphatic heterocycles. The van der Waals surface area contributed by atoms with Crippen molar-refractivity contribution in [2.75, 3.05) is 19.8 Å². The fourth-order valence-electron chi connectivity index (χ4n) is 0.772. The Labute approximate surface area is 55.3 Å². The van der Waals surface area contributed by atoms with Crippen LogP contribution in [0.25, 0.3) is 0 Å². The minimum Gasteiger partial charge on any atom is -0.340 e. The van der Waals surface area contributed by atoms with Crippen LogP contribution in [0.3, 0.4) is 0 Å². The Morgan fingerprint density at radius 1 is 1.44 bits per heavy atom. The number of hydrogen-bond donors (Lipinski definition) is 1. The van der Waals surface area contributed by atoms with Crippen LogP contribution in [0.4, 0.5) is 0 Å². The van der Waals surface area contributed by atoms with Gasteiger partial charge < -0.3 is 9.47 Å². The summed E-state index contributed by atoms with van der Waals surface area (Å²) in [4.78, 5) is 0. The smallest absolute Gasteiger partial charge is 0.216 e. The molecule has 0 spiro atoms. The van der Waals surface area contributed by atoms with E-state index in [1.165, 1.54) is 0 Å². The molecule has 1 rings (SSSR count). The first kappa shape index (κ1) is 6.99. The van der Waals surface area contributed by atoms with Crippen molar-refractivity contribution in [3.63, 3.8) is 0 Å². The Kier molecular flexibility index (Phi) is 2.97. The lowest BCUT2D eigenvalue weighted by molar-refractivity contribution is -0.193. The van der Waals surface area contributed by atoms with Gasteiger partial charge in [0.15, 0.2) is 0 Å². The third kappa shape index (κ3) is 2.30. The van der Waals surface area contributed by atoms with E-state index in [4.69, 9.17) is 9.47 Å². The van der Waals surface area contributed by atoms with Gasteiger partial charge in [0, 0.05) is 0 Å². The molecule has 1 fully saturated rings. The summed E-state index contributed by atoms with van der Waals surface area (Å²) in [5.41, 5.74) is 0. The maximum Gasteiger partial charge on any atom is 0.216 e. The third-order valence-corrected chi connectivity index (χ3v) is 1.20. The number of rotatable bonds is 2. The summed E-state index contributed by atoms with van der Waals surface area (Å²) in [5.74, 6) is 0. The van der Waals surface area contributed by atoms with Crippen LogP contribution in [-0.4, -0.2) is 26.2 Å². The summed E-state index contributed by atoms with van der Waals surface area (Å²) in [6, 6.07) is 0. The van der Waals surface area contributed by atoms with Crippen molar-refractivity contribution in [1.82, 2.24) is 5.32 Å². The zero-order valence-corrected chi connectivity index (χ0v) is 5.72. The minimum atomic E-state index is -0.149. The number of nitrogens with one attached hydrogen (secondary N) is 1. The van der Waals surface area contributed by atoms with E-state index in [1.807, 2.05) is 6.92 Å². The van der Waals surface area contributed by atoms with Crippen LogP contribution in [0.2, 0.25) is 0 Å². The van der Waals surface area contributed by atoms with Crippen LogP contribution in [0, 0.1) is 0 Å². The third-order valence-electron chi connectivity index (χ3n) is 1.20. The lowest BCUT2D eigenvalue weighted by Gasteiger charge is -2.23. The van der Waals surface area contributed by atoms with Crippen LogP contribution in [-0.2, 0) is 9.47 Å². The Hall–Kier alpha value is -0.120. The highest BCUT2D eigenvalue weighted by molar-refractivity contribution is 4.47. The van der Waals surface area contributed by atoms with Crippen molar-refractivity contribution in [2.24, 2.45) is 0 Å². The maximum absolute atomic E-state index is 5.18. The van der Waals surface area contributed by atoms with Gasteiger partial charge in [0.2, 0.25) is 6.41 Å². The highest BCUT2D eigenvalue weighted by atomic mass is 16.7. The normalized spacial score (nSPS) is 22.3. The fourth-order valence-corrected chi connectivity index (χ4v) is 0.772. The van der Waals surface area contributed by atoms with Crippen molar-refractivity contribution in [3.8, 4) is 0 Å². The van der Waals surface area contributed by atoms with Gasteiger partial charge in [-0.1, -0.05) is 6.92 Å². The zero-order chi connectivity index (χ0) is 6.53. The van der Waals surface area contributed by atoms with Gasteiger partial charge in [0.25, 0.3) is 0 Å². The van der Waals surface area contributed by atoms with Crippen molar-refractivity contribution >= 4 is 0 Å². The Balaban J connectivity index is 2.08. The molecule has 1 heterocycles. The largest absolute Gasteiger partial charge is 0.340 e. The van der Waals surface area contributed by atoms with Gasteiger partial charge in [-0.05, 0) is 13.0 Å². The lowest BCUT2D eigenvalue weighted by atomic mass is 10.5. The van der Waals surface area contributed by atoms with E-state index >= 15 is 0 Å². The Morgan fingerprint density at radius 2 is 2.11 bits per heavy atom. The first-order valence-electron chi connectivity index (χ1n) is 3.40. The van der Waals surface area contributed by atoms with Crippen LogP contribution >= 0.6 is 0 Å². The van der Waals surface area contributed by atoms with Crippen molar-refractivity contribution < 1.29 is 9.47 Å². The molecule has 1 aliphatic rings. The molecule has 0 radical (unpaired) electrons. The van der Waals surface area contributed by atoms with Gasteiger partial charge >= 0.3 is 0 Å². The Morgan fingerprint density at radius 3 is 2.67 bits per heavy atom. The highest BCUT2D eigenvalue weighted by Gasteiger charge is 2.10. The molecular formula is C6H13NO2. The number of ether oxygens (including phenoxy) is 2. The first-order chi connectivity index (χ1) is 4.43. The second-order valence-corrected chi connectivity index (χ2v) is 1.98.